The fourth-order valence-electron chi connectivity index (χ4n) is 3.64. The van der Waals surface area contributed by atoms with Gasteiger partial charge in [0.05, 0.1) is 6.10 Å². The van der Waals surface area contributed by atoms with Crippen molar-refractivity contribution in [1.29, 1.82) is 0 Å². The third kappa shape index (κ3) is 4.73. The number of fused-ring (bicyclic) bond motifs is 1. The van der Waals surface area contributed by atoms with E-state index in [1.54, 1.807) is 38.4 Å². The van der Waals surface area contributed by atoms with Gasteiger partial charge in [0.15, 0.2) is 5.75 Å². The molecule has 0 radical (unpaired) electrons. The smallest absolute Gasteiger partial charge is 0.326 e. The average Bonchev–Trinajstić information content (AvgIpc) is 2.81. The molecule has 0 aliphatic carbocycles. The summed E-state index contributed by atoms with van der Waals surface area (Å²) < 4.78 is 5.36. The van der Waals surface area contributed by atoms with Crippen molar-refractivity contribution in [3.05, 3.63) is 80.5 Å². The van der Waals surface area contributed by atoms with Crippen LogP contribution in [-0.2, 0) is 11.2 Å². The van der Waals surface area contributed by atoms with Gasteiger partial charge in [-0.15, -0.1) is 0 Å². The molecule has 0 saturated carbocycles. The second-order valence-electron chi connectivity index (χ2n) is 8.30. The lowest BCUT2D eigenvalue weighted by molar-refractivity contribution is -0.137. The summed E-state index contributed by atoms with van der Waals surface area (Å²) in [6, 6.07) is 10.0. The van der Waals surface area contributed by atoms with Crippen LogP contribution in [0.15, 0.2) is 58.4 Å². The van der Waals surface area contributed by atoms with Gasteiger partial charge in [0.1, 0.15) is 17.5 Å². The highest BCUT2D eigenvalue weighted by molar-refractivity contribution is 5.92. The molecule has 1 atom stereocenters. The molecule has 174 valence electrons. The molecular formula is C25H24N4O5. The third-order valence-corrected chi connectivity index (χ3v) is 5.26. The fourth-order valence-corrected chi connectivity index (χ4v) is 3.64. The minimum Gasteiger partial charge on any atom is -0.485 e. The lowest BCUT2D eigenvalue weighted by atomic mass is 10.0. The lowest BCUT2D eigenvalue weighted by Crippen LogP contribution is -2.42. The van der Waals surface area contributed by atoms with Crippen LogP contribution in [0.2, 0.25) is 0 Å². The first-order chi connectivity index (χ1) is 16.2. The molecule has 9 heteroatoms. The predicted octanol–water partition coefficient (Wildman–Crippen LogP) is 3.17. The predicted molar refractivity (Wildman–Crippen MR) is 130 cm³/mol. The minimum atomic E-state index is -1.14. The Morgan fingerprint density at radius 1 is 1.12 bits per heavy atom. The van der Waals surface area contributed by atoms with Crippen LogP contribution in [0.5, 0.6) is 5.75 Å². The zero-order valence-electron chi connectivity index (χ0n) is 19.0. The van der Waals surface area contributed by atoms with Gasteiger partial charge in [0.25, 0.3) is 10.9 Å². The largest absolute Gasteiger partial charge is 0.485 e. The first-order valence-corrected chi connectivity index (χ1v) is 10.8. The number of carboxylic acids is 1. The minimum absolute atomic E-state index is 0.0876. The fraction of sp³-hybridized carbons (Fsp3) is 0.240. The van der Waals surface area contributed by atoms with Crippen molar-refractivity contribution >= 4 is 33.9 Å². The van der Waals surface area contributed by atoms with Gasteiger partial charge < -0.3 is 20.5 Å². The van der Waals surface area contributed by atoms with Crippen LogP contribution in [0.3, 0.4) is 0 Å². The molecule has 2 heterocycles. The number of aliphatic carboxylic acids is 1. The zero-order chi connectivity index (χ0) is 24.4. The van der Waals surface area contributed by atoms with Gasteiger partial charge >= 0.3 is 5.97 Å². The molecule has 34 heavy (non-hydrogen) atoms. The van der Waals surface area contributed by atoms with Crippen molar-refractivity contribution < 1.29 is 14.6 Å². The Labute approximate surface area is 195 Å². The maximum atomic E-state index is 11.9. The van der Waals surface area contributed by atoms with Crippen molar-refractivity contribution in [2.45, 2.75) is 39.3 Å². The molecule has 0 amide bonds. The van der Waals surface area contributed by atoms with Crippen LogP contribution in [-0.4, -0.2) is 33.2 Å². The number of pyridine rings is 2. The van der Waals surface area contributed by atoms with E-state index in [1.165, 1.54) is 0 Å². The summed E-state index contributed by atoms with van der Waals surface area (Å²) in [6.07, 6.45) is 3.27. The van der Waals surface area contributed by atoms with E-state index in [-0.39, 0.29) is 24.0 Å². The van der Waals surface area contributed by atoms with Crippen LogP contribution in [0, 0.1) is 6.92 Å². The van der Waals surface area contributed by atoms with E-state index in [0.717, 1.165) is 27.7 Å². The van der Waals surface area contributed by atoms with Crippen molar-refractivity contribution in [3.63, 3.8) is 0 Å². The standard InChI is InChI=1S/C25H24N4O5/c1-13(2)34-23-20(21(30)22(23)31)29-19(25(32)33)11-15-4-6-17(7-5-15)28-24-18-12-26-9-8-16(18)10-14(3)27-24/h4-10,12-13,19,29H,11H2,1-3H3,(H,27,28)(H,32,33). The van der Waals surface area contributed by atoms with Gasteiger partial charge in [-0.25, -0.2) is 9.78 Å². The summed E-state index contributed by atoms with van der Waals surface area (Å²) in [6.45, 7) is 5.35. The number of carbonyl (C=O) groups is 1. The SMILES string of the molecule is Cc1cc2ccncc2c(Nc2ccc(CC(Nc3c(OC(C)C)c(=O)c3=O)C(=O)O)cc2)n1. The van der Waals surface area contributed by atoms with Crippen molar-refractivity contribution in [1.82, 2.24) is 9.97 Å². The second-order valence-corrected chi connectivity index (χ2v) is 8.30. The van der Waals surface area contributed by atoms with E-state index in [9.17, 15) is 19.5 Å². The number of nitrogens with zero attached hydrogens (tertiary/aromatic N) is 2. The van der Waals surface area contributed by atoms with Crippen LogP contribution in [0.25, 0.3) is 10.8 Å². The molecule has 0 saturated heterocycles. The Morgan fingerprint density at radius 2 is 1.85 bits per heavy atom. The summed E-state index contributed by atoms with van der Waals surface area (Å²) in [5, 5.41) is 17.5. The molecule has 2 aromatic heterocycles. The van der Waals surface area contributed by atoms with E-state index >= 15 is 0 Å². The van der Waals surface area contributed by atoms with Crippen molar-refractivity contribution in [3.8, 4) is 5.75 Å². The molecule has 0 aliphatic heterocycles. The zero-order valence-corrected chi connectivity index (χ0v) is 19.0. The van der Waals surface area contributed by atoms with Crippen LogP contribution >= 0.6 is 0 Å². The second kappa shape index (κ2) is 9.30. The Hall–Kier alpha value is -4.27. The maximum Gasteiger partial charge on any atom is 0.326 e. The maximum absolute atomic E-state index is 11.9. The number of ether oxygens (including phenoxy) is 1. The van der Waals surface area contributed by atoms with Crippen molar-refractivity contribution in [2.24, 2.45) is 0 Å². The highest BCUT2D eigenvalue weighted by Gasteiger charge is 2.28. The Kier molecular flexibility index (Phi) is 6.27. The quantitative estimate of drug-likeness (QED) is 0.322. The molecule has 0 fully saturated rings. The number of aromatic nitrogens is 2. The molecule has 4 aromatic rings. The third-order valence-electron chi connectivity index (χ3n) is 5.26. The van der Waals surface area contributed by atoms with Gasteiger partial charge in [-0.05, 0) is 56.0 Å². The van der Waals surface area contributed by atoms with Gasteiger partial charge in [-0.3, -0.25) is 14.6 Å². The van der Waals surface area contributed by atoms with E-state index in [0.29, 0.717) is 5.82 Å². The van der Waals surface area contributed by atoms with Gasteiger partial charge in [-0.1, -0.05) is 12.1 Å². The first-order valence-electron chi connectivity index (χ1n) is 10.8. The Bertz CT molecular complexity index is 1420. The molecule has 0 aliphatic rings. The highest BCUT2D eigenvalue weighted by atomic mass is 16.5. The van der Waals surface area contributed by atoms with Gasteiger partial charge in [0, 0.05) is 35.6 Å². The summed E-state index contributed by atoms with van der Waals surface area (Å²) in [4.78, 5) is 44.3. The average molecular weight is 460 g/mol. The molecule has 9 nitrogen and oxygen atoms in total. The number of benzene rings is 1. The number of hydrogen-bond donors (Lipinski definition) is 3. The van der Waals surface area contributed by atoms with E-state index in [4.69, 9.17) is 4.74 Å². The monoisotopic (exact) mass is 460 g/mol. The van der Waals surface area contributed by atoms with Gasteiger partial charge in [0.2, 0.25) is 0 Å². The number of anilines is 3. The van der Waals surface area contributed by atoms with E-state index in [2.05, 4.69) is 20.6 Å². The number of aryl methyl sites for hydroxylation is 1. The number of carboxylic acid groups (broad SMARTS) is 1. The number of hydrogen-bond acceptors (Lipinski definition) is 8. The highest BCUT2D eigenvalue weighted by Crippen LogP contribution is 2.25. The van der Waals surface area contributed by atoms with E-state index in [1.807, 2.05) is 31.2 Å². The van der Waals surface area contributed by atoms with Crippen molar-refractivity contribution in [2.75, 3.05) is 10.6 Å². The number of rotatable bonds is 9. The molecular weight excluding hydrogens is 436 g/mol. The number of nitrogens with one attached hydrogen (secondary N) is 2. The summed E-state index contributed by atoms with van der Waals surface area (Å²) in [5.41, 5.74) is 0.779. The molecule has 4 rings (SSSR count). The lowest BCUT2D eigenvalue weighted by Gasteiger charge is -2.20. The Morgan fingerprint density at radius 3 is 2.53 bits per heavy atom. The summed E-state index contributed by atoms with van der Waals surface area (Å²) in [5.74, 6) is -0.578. The Balaban J connectivity index is 1.50. The molecule has 0 bridgehead atoms. The molecule has 2 aromatic carbocycles. The normalized spacial score (nSPS) is 12.1. The van der Waals surface area contributed by atoms with Crippen LogP contribution in [0.4, 0.5) is 17.2 Å². The van der Waals surface area contributed by atoms with Crippen LogP contribution < -0.4 is 26.2 Å². The molecule has 1 unspecified atom stereocenters. The van der Waals surface area contributed by atoms with E-state index < -0.39 is 22.9 Å². The topological polar surface area (TPSA) is 131 Å². The van der Waals surface area contributed by atoms with Gasteiger partial charge in [-0.2, -0.15) is 0 Å². The molecule has 0 spiro atoms. The summed E-state index contributed by atoms with van der Waals surface area (Å²) in [7, 11) is 0. The summed E-state index contributed by atoms with van der Waals surface area (Å²) >= 11 is 0. The first kappa shape index (κ1) is 22.9. The van der Waals surface area contributed by atoms with Crippen LogP contribution in [0.1, 0.15) is 25.1 Å². The molecule has 3 N–H and O–H groups in total.